The summed E-state index contributed by atoms with van der Waals surface area (Å²) in [4.78, 5) is 69.5. The number of Topliss-reactive ketones (excluding diaryl/α,β-unsaturated/α-hetero) is 2. The third kappa shape index (κ3) is 6.71. The second-order valence-electron chi connectivity index (χ2n) is 15.1. The number of para-hydroxylation sites is 4. The van der Waals surface area contributed by atoms with Crippen LogP contribution in [0.4, 0.5) is 17.1 Å². The molecule has 0 radical (unpaired) electrons. The molecule has 13 nitrogen and oxygen atoms in total. The minimum Gasteiger partial charge on any atom is -0.494 e. The number of aliphatic hydroxyl groups excluding tert-OH is 1. The summed E-state index contributed by atoms with van der Waals surface area (Å²) in [6, 6.07) is 29.5. The zero-order valence-corrected chi connectivity index (χ0v) is 32.5. The second kappa shape index (κ2) is 15.9. The Hall–Kier alpha value is -6.70. The van der Waals surface area contributed by atoms with Crippen molar-refractivity contribution in [3.63, 3.8) is 0 Å². The van der Waals surface area contributed by atoms with Gasteiger partial charge in [-0.3, -0.25) is 24.1 Å². The Morgan fingerprint density at radius 1 is 0.898 bits per heavy atom. The van der Waals surface area contributed by atoms with Crippen LogP contribution < -0.4 is 10.6 Å². The first-order valence-corrected chi connectivity index (χ1v) is 19.6. The number of amides is 2. The van der Waals surface area contributed by atoms with Gasteiger partial charge < -0.3 is 30.6 Å². The number of ketones is 2. The van der Waals surface area contributed by atoms with Gasteiger partial charge in [0.25, 0.3) is 11.7 Å². The highest BCUT2D eigenvalue weighted by atomic mass is 16.5. The summed E-state index contributed by atoms with van der Waals surface area (Å²) in [6.45, 7) is 3.67. The van der Waals surface area contributed by atoms with Crippen LogP contribution in [0.1, 0.15) is 58.0 Å². The highest BCUT2D eigenvalue weighted by molar-refractivity contribution is 6.56. The summed E-state index contributed by atoms with van der Waals surface area (Å²) in [7, 11) is 1.38. The number of hydrogen-bond acceptors (Lipinski definition) is 10. The molecule has 300 valence electrons. The van der Waals surface area contributed by atoms with Gasteiger partial charge in [-0.15, -0.1) is 0 Å². The molecule has 59 heavy (non-hydrogen) atoms. The van der Waals surface area contributed by atoms with E-state index in [1.54, 1.807) is 42.5 Å². The van der Waals surface area contributed by atoms with Gasteiger partial charge in [-0.05, 0) is 79.3 Å². The first kappa shape index (κ1) is 39.1. The lowest BCUT2D eigenvalue weighted by Crippen LogP contribution is -2.53. The number of carbonyl (C=O) groups is 5. The van der Waals surface area contributed by atoms with Gasteiger partial charge in [0.1, 0.15) is 5.71 Å². The summed E-state index contributed by atoms with van der Waals surface area (Å²) < 4.78 is 5.01. The fourth-order valence-electron chi connectivity index (χ4n) is 9.39. The maximum atomic E-state index is 13.2. The Morgan fingerprint density at radius 3 is 2.32 bits per heavy atom. The molecule has 4 atom stereocenters. The number of hydrogen-bond donors (Lipinski definition) is 5. The lowest BCUT2D eigenvalue weighted by Gasteiger charge is -2.45. The first-order valence-electron chi connectivity index (χ1n) is 19.6. The van der Waals surface area contributed by atoms with Crippen molar-refractivity contribution in [3.8, 4) is 5.88 Å². The zero-order valence-electron chi connectivity index (χ0n) is 32.5. The molecule has 5 N–H and O–H groups in total. The summed E-state index contributed by atoms with van der Waals surface area (Å²) in [5.74, 6) is -1.20. The molecule has 13 heteroatoms. The van der Waals surface area contributed by atoms with Gasteiger partial charge in [-0.2, -0.15) is 0 Å². The number of methoxy groups -OCH3 is 1. The molecule has 5 aliphatic rings. The molecule has 5 aliphatic heterocycles. The minimum atomic E-state index is -0.562. The second-order valence-corrected chi connectivity index (χ2v) is 15.1. The number of esters is 1. The third-order valence-electron chi connectivity index (χ3n) is 12.2. The molecule has 0 saturated carbocycles. The molecular weight excluding hydrogens is 751 g/mol. The van der Waals surface area contributed by atoms with Gasteiger partial charge in [-0.1, -0.05) is 74.0 Å². The maximum absolute atomic E-state index is 13.2. The molecule has 0 bridgehead atoms. The number of ether oxygens (including phenoxy) is 1. The summed E-state index contributed by atoms with van der Waals surface area (Å²) >= 11 is 0. The SMILES string of the molecule is CC[C@@H]1CN2CCC3(C(=O)Nc4ccccc43)C2C[C@H]1/C(=C\CO)C(=O)OC.O=C1C(c2c(O)[nH]c3ccccc23)=Nc2ccccc21.O=C1Nc2ccccc2C1=O. The highest BCUT2D eigenvalue weighted by Crippen LogP contribution is 2.53. The smallest absolute Gasteiger partial charge is 0.333 e. The van der Waals surface area contributed by atoms with E-state index in [9.17, 15) is 34.2 Å². The van der Waals surface area contributed by atoms with Gasteiger partial charge >= 0.3 is 5.97 Å². The van der Waals surface area contributed by atoms with Crippen LogP contribution in [0.5, 0.6) is 5.88 Å². The molecule has 5 aromatic rings. The van der Waals surface area contributed by atoms with E-state index in [-0.39, 0.29) is 42.1 Å². The number of aromatic nitrogens is 1. The quantitative estimate of drug-likeness (QED) is 0.0795. The van der Waals surface area contributed by atoms with Crippen LogP contribution in [-0.4, -0.2) is 88.0 Å². The molecule has 2 unspecified atom stereocenters. The predicted molar refractivity (Wildman–Crippen MR) is 222 cm³/mol. The van der Waals surface area contributed by atoms with Crippen LogP contribution >= 0.6 is 0 Å². The molecule has 1 spiro atoms. The van der Waals surface area contributed by atoms with Crippen molar-refractivity contribution in [3.05, 3.63) is 131 Å². The summed E-state index contributed by atoms with van der Waals surface area (Å²) in [6.07, 6.45) is 4.02. The summed E-state index contributed by atoms with van der Waals surface area (Å²) in [5, 5.41) is 25.9. The van der Waals surface area contributed by atoms with E-state index >= 15 is 0 Å². The average molecular weight is 794 g/mol. The van der Waals surface area contributed by atoms with Crippen molar-refractivity contribution in [2.75, 3.05) is 37.4 Å². The number of aliphatic hydroxyl groups is 1. The normalized spacial score (nSPS) is 22.6. The van der Waals surface area contributed by atoms with Gasteiger partial charge in [-0.25, -0.2) is 9.79 Å². The number of nitrogens with zero attached hydrogens (tertiary/aromatic N) is 2. The molecule has 4 aromatic carbocycles. The molecule has 1 aromatic heterocycles. The van der Waals surface area contributed by atoms with Crippen LogP contribution in [0.3, 0.4) is 0 Å². The minimum absolute atomic E-state index is 0.0221. The number of aromatic hydroxyl groups is 1. The first-order chi connectivity index (χ1) is 28.6. The molecule has 0 aliphatic carbocycles. The van der Waals surface area contributed by atoms with E-state index in [0.717, 1.165) is 48.1 Å². The Labute approximate surface area is 339 Å². The van der Waals surface area contributed by atoms with Crippen LogP contribution in [0.25, 0.3) is 10.9 Å². The Kier molecular flexibility index (Phi) is 10.6. The zero-order chi connectivity index (χ0) is 41.4. The van der Waals surface area contributed by atoms with Gasteiger partial charge in [0.2, 0.25) is 11.7 Å². The molecule has 2 saturated heterocycles. The number of fused-ring (bicyclic) bond motifs is 7. The lowest BCUT2D eigenvalue weighted by molar-refractivity contribution is -0.137. The van der Waals surface area contributed by atoms with Crippen molar-refractivity contribution in [2.45, 2.75) is 37.6 Å². The summed E-state index contributed by atoms with van der Waals surface area (Å²) in [5.41, 5.74) is 5.83. The number of rotatable bonds is 5. The number of aromatic amines is 1. The van der Waals surface area contributed by atoms with Gasteiger partial charge in [0.05, 0.1) is 41.6 Å². The van der Waals surface area contributed by atoms with E-state index in [4.69, 9.17) is 4.74 Å². The molecule has 6 heterocycles. The number of carbonyl (C=O) groups excluding carboxylic acids is 5. The van der Waals surface area contributed by atoms with E-state index in [1.165, 1.54) is 7.11 Å². The fourth-order valence-corrected chi connectivity index (χ4v) is 9.39. The van der Waals surface area contributed by atoms with Crippen LogP contribution in [0.15, 0.2) is 114 Å². The van der Waals surface area contributed by atoms with Crippen molar-refractivity contribution in [2.24, 2.45) is 16.8 Å². The van der Waals surface area contributed by atoms with Crippen molar-refractivity contribution >= 4 is 63.0 Å². The van der Waals surface area contributed by atoms with E-state index in [1.807, 2.05) is 54.6 Å². The van der Waals surface area contributed by atoms with Crippen molar-refractivity contribution < 1.29 is 38.9 Å². The molecule has 2 amide bonds. The Balaban J connectivity index is 0.000000135. The van der Waals surface area contributed by atoms with Crippen molar-refractivity contribution in [1.29, 1.82) is 0 Å². The molecule has 2 fully saturated rings. The predicted octanol–water partition coefficient (Wildman–Crippen LogP) is 6.10. The Morgan fingerprint density at radius 2 is 1.59 bits per heavy atom. The number of benzene rings is 4. The topological polar surface area (TPSA) is 190 Å². The number of piperidine rings is 1. The standard InChI is InChI=1S/C22H28N2O4.C16H10N2O2.C8H5NO2/c1-3-14-13-24-10-9-22(17-6-4-5-7-18(17)23-21(22)27)19(24)12-16(14)15(8-11-25)20(26)28-2;19-15-10-6-2-4-8-12(10)17-14(15)13-9-5-1-3-7-11(9)18-16(13)20;10-7-5-3-1-2-4-6(5)9-8(7)11/h4-8,14,16,19,25H,3,9-13H2,1-2H3,(H,23,27);1-8,18,20H;1-4H,(H,9,10,11)/b15-8+;;/t14-,16-,19?,22?;;/m1../s1. The van der Waals surface area contributed by atoms with E-state index < -0.39 is 17.1 Å². The highest BCUT2D eigenvalue weighted by Gasteiger charge is 2.60. The van der Waals surface area contributed by atoms with Crippen LogP contribution in [-0.2, 0) is 24.5 Å². The van der Waals surface area contributed by atoms with Gasteiger partial charge in [0, 0.05) is 40.3 Å². The fraction of sp³-hybridized carbons (Fsp3) is 0.261. The maximum Gasteiger partial charge on any atom is 0.333 e. The van der Waals surface area contributed by atoms with Gasteiger partial charge in [0.15, 0.2) is 5.88 Å². The lowest BCUT2D eigenvalue weighted by atomic mass is 9.67. The molecule has 10 rings (SSSR count). The van der Waals surface area contributed by atoms with Crippen LogP contribution in [0.2, 0.25) is 0 Å². The third-order valence-corrected chi connectivity index (χ3v) is 12.2. The monoisotopic (exact) mass is 793 g/mol. The number of aliphatic imine (C=N–C) groups is 1. The largest absolute Gasteiger partial charge is 0.494 e. The van der Waals surface area contributed by atoms with Crippen LogP contribution in [0, 0.1) is 11.8 Å². The number of H-pyrrole nitrogens is 1. The van der Waals surface area contributed by atoms with Crippen molar-refractivity contribution in [1.82, 2.24) is 9.88 Å². The number of nitrogens with one attached hydrogen (secondary N) is 3. The average Bonchev–Trinajstić information content (AvgIpc) is 4.04. The Bertz CT molecular complexity index is 2590. The van der Waals surface area contributed by atoms with E-state index in [2.05, 4.69) is 38.5 Å². The van der Waals surface area contributed by atoms with E-state index in [0.29, 0.717) is 51.7 Å². The number of anilines is 2. The molecular formula is C46H43N5O8.